The number of aryl methyl sites for hydroxylation is 1. The van der Waals surface area contributed by atoms with E-state index < -0.39 is 0 Å². The van der Waals surface area contributed by atoms with E-state index in [1.807, 2.05) is 0 Å². The maximum Gasteiger partial charge on any atom is 0.0513 e. The quantitative estimate of drug-likeness (QED) is 0.786. The highest BCUT2D eigenvalue weighted by atomic mass is 15.0. The Hall–Kier alpha value is -1.28. The first-order chi connectivity index (χ1) is 6.86. The summed E-state index contributed by atoms with van der Waals surface area (Å²) in [4.78, 5) is 0. The van der Waals surface area contributed by atoms with Gasteiger partial charge in [0.2, 0.25) is 0 Å². The summed E-state index contributed by atoms with van der Waals surface area (Å²) in [6.45, 7) is 3.79. The Labute approximate surface area is 84.3 Å². The fourth-order valence-corrected chi connectivity index (χ4v) is 1.95. The average Bonchev–Trinajstić information content (AvgIpc) is 2.62. The van der Waals surface area contributed by atoms with E-state index in [2.05, 4.69) is 42.0 Å². The molecule has 0 radical (unpaired) electrons. The van der Waals surface area contributed by atoms with E-state index in [9.17, 15) is 0 Å². The molecule has 0 atom stereocenters. The van der Waals surface area contributed by atoms with Crippen LogP contribution in [-0.4, -0.2) is 11.1 Å². The third-order valence-electron chi connectivity index (χ3n) is 2.62. The van der Waals surface area contributed by atoms with E-state index in [1.165, 1.54) is 16.5 Å². The van der Waals surface area contributed by atoms with Crippen molar-refractivity contribution in [1.29, 1.82) is 0 Å². The highest BCUT2D eigenvalue weighted by Crippen LogP contribution is 2.20. The number of fused-ring (bicyclic) bond motifs is 1. The van der Waals surface area contributed by atoms with Crippen molar-refractivity contribution in [3.05, 3.63) is 36.0 Å². The number of aromatic nitrogens is 1. The summed E-state index contributed by atoms with van der Waals surface area (Å²) in [5, 5.41) is 1.32. The molecule has 2 N–H and O–H groups in total. The highest BCUT2D eigenvalue weighted by Gasteiger charge is 2.03. The molecule has 74 valence electrons. The number of benzene rings is 1. The van der Waals surface area contributed by atoms with Gasteiger partial charge >= 0.3 is 0 Å². The molecule has 0 aliphatic carbocycles. The molecule has 0 saturated heterocycles. The largest absolute Gasteiger partial charge is 0.346 e. The van der Waals surface area contributed by atoms with E-state index >= 15 is 0 Å². The number of para-hydroxylation sites is 1. The van der Waals surface area contributed by atoms with Crippen molar-refractivity contribution < 1.29 is 0 Å². The zero-order valence-corrected chi connectivity index (χ0v) is 8.53. The molecule has 1 heterocycles. The summed E-state index contributed by atoms with van der Waals surface area (Å²) in [7, 11) is 0. The molecule has 0 unspecified atom stereocenters. The van der Waals surface area contributed by atoms with Crippen molar-refractivity contribution in [3.63, 3.8) is 0 Å². The van der Waals surface area contributed by atoms with Crippen LogP contribution in [0.15, 0.2) is 30.5 Å². The lowest BCUT2D eigenvalue weighted by Crippen LogP contribution is -2.09. The molecule has 14 heavy (non-hydrogen) atoms. The van der Waals surface area contributed by atoms with Gasteiger partial charge in [0.15, 0.2) is 0 Å². The van der Waals surface area contributed by atoms with Crippen LogP contribution in [0.5, 0.6) is 0 Å². The van der Waals surface area contributed by atoms with Crippen LogP contribution in [0, 0.1) is 0 Å². The molecule has 1 aromatic carbocycles. The fourth-order valence-electron chi connectivity index (χ4n) is 1.95. The molecule has 0 aliphatic rings. The van der Waals surface area contributed by atoms with Crippen molar-refractivity contribution >= 4 is 10.9 Å². The van der Waals surface area contributed by atoms with Crippen LogP contribution in [0.3, 0.4) is 0 Å². The van der Waals surface area contributed by atoms with Gasteiger partial charge in [0.25, 0.3) is 0 Å². The van der Waals surface area contributed by atoms with Crippen molar-refractivity contribution in [2.75, 3.05) is 6.54 Å². The summed E-state index contributed by atoms with van der Waals surface area (Å²) in [5.41, 5.74) is 8.33. The minimum Gasteiger partial charge on any atom is -0.346 e. The van der Waals surface area contributed by atoms with Crippen LogP contribution in [0.1, 0.15) is 12.5 Å². The first kappa shape index (κ1) is 9.28. The van der Waals surface area contributed by atoms with Gasteiger partial charge in [-0.1, -0.05) is 25.1 Å². The zero-order valence-electron chi connectivity index (χ0n) is 8.53. The van der Waals surface area contributed by atoms with E-state index in [0.717, 1.165) is 13.0 Å². The van der Waals surface area contributed by atoms with Gasteiger partial charge < -0.3 is 10.3 Å². The summed E-state index contributed by atoms with van der Waals surface area (Å²) >= 11 is 0. The van der Waals surface area contributed by atoms with Crippen molar-refractivity contribution in [2.24, 2.45) is 5.73 Å². The van der Waals surface area contributed by atoms with Gasteiger partial charge in [-0.15, -0.1) is 0 Å². The minimum atomic E-state index is 0.696. The lowest BCUT2D eigenvalue weighted by atomic mass is 10.1. The molecule has 2 heteroatoms. The Bertz CT molecular complexity index is 429. The molecule has 0 fully saturated rings. The number of hydrogen-bond acceptors (Lipinski definition) is 1. The van der Waals surface area contributed by atoms with Gasteiger partial charge in [0.1, 0.15) is 0 Å². The number of nitrogens with zero attached hydrogens (tertiary/aromatic N) is 1. The van der Waals surface area contributed by atoms with Gasteiger partial charge in [-0.05, 0) is 23.4 Å². The fraction of sp³-hybridized carbons (Fsp3) is 0.333. The molecule has 2 nitrogen and oxygen atoms in total. The third-order valence-corrected chi connectivity index (χ3v) is 2.62. The normalized spacial score (nSPS) is 11.0. The monoisotopic (exact) mass is 188 g/mol. The van der Waals surface area contributed by atoms with Crippen LogP contribution in [0.2, 0.25) is 0 Å². The average molecular weight is 188 g/mol. The molecule has 2 aromatic rings. The van der Waals surface area contributed by atoms with E-state index in [1.54, 1.807) is 0 Å². The zero-order chi connectivity index (χ0) is 9.97. The van der Waals surface area contributed by atoms with Crippen LogP contribution in [0.25, 0.3) is 10.9 Å². The van der Waals surface area contributed by atoms with Crippen molar-refractivity contribution in [2.45, 2.75) is 19.9 Å². The summed E-state index contributed by atoms with van der Waals surface area (Å²) in [6.07, 6.45) is 3.20. The molecule has 0 aliphatic heterocycles. The number of rotatable bonds is 3. The number of nitrogens with two attached hydrogens (primary N) is 1. The van der Waals surface area contributed by atoms with Gasteiger partial charge in [0, 0.05) is 19.3 Å². The lowest BCUT2D eigenvalue weighted by molar-refractivity contribution is 0.733. The molecular formula is C12H16N2. The highest BCUT2D eigenvalue weighted by molar-refractivity contribution is 5.83. The minimum absolute atomic E-state index is 0.696. The van der Waals surface area contributed by atoms with Gasteiger partial charge in [0.05, 0.1) is 5.52 Å². The molecule has 2 rings (SSSR count). The molecule has 1 aromatic heterocycles. The van der Waals surface area contributed by atoms with Gasteiger partial charge in [-0.2, -0.15) is 0 Å². The molecule has 0 spiro atoms. The number of hydrogen-bond donors (Lipinski definition) is 1. The Morgan fingerprint density at radius 1 is 1.29 bits per heavy atom. The van der Waals surface area contributed by atoms with Crippen LogP contribution < -0.4 is 5.73 Å². The van der Waals surface area contributed by atoms with E-state index in [4.69, 9.17) is 5.73 Å². The first-order valence-electron chi connectivity index (χ1n) is 5.13. The summed E-state index contributed by atoms with van der Waals surface area (Å²) in [6, 6.07) is 8.62. The first-order valence-corrected chi connectivity index (χ1v) is 5.13. The van der Waals surface area contributed by atoms with Crippen LogP contribution >= 0.6 is 0 Å². The maximum atomic E-state index is 5.58. The van der Waals surface area contributed by atoms with Crippen LogP contribution in [0.4, 0.5) is 0 Å². The summed E-state index contributed by atoms with van der Waals surface area (Å²) < 4.78 is 2.24. The van der Waals surface area contributed by atoms with E-state index in [0.29, 0.717) is 6.54 Å². The maximum absolute atomic E-state index is 5.58. The Kier molecular flexibility index (Phi) is 2.55. The third kappa shape index (κ3) is 1.42. The second-order valence-electron chi connectivity index (χ2n) is 3.51. The standard InChI is InChI=1S/C12H16N2/c1-2-10-4-3-5-11-6-8-14(9-7-13)12(10)11/h3-6,8H,2,7,9,13H2,1H3. The molecular weight excluding hydrogens is 172 g/mol. The molecule has 0 saturated carbocycles. The van der Waals surface area contributed by atoms with Crippen LogP contribution in [-0.2, 0) is 13.0 Å². The molecule has 0 bridgehead atoms. The van der Waals surface area contributed by atoms with Crippen molar-refractivity contribution in [1.82, 2.24) is 4.57 Å². The second-order valence-corrected chi connectivity index (χ2v) is 3.51. The molecule has 0 amide bonds. The van der Waals surface area contributed by atoms with Gasteiger partial charge in [-0.3, -0.25) is 0 Å². The Morgan fingerprint density at radius 3 is 2.86 bits per heavy atom. The smallest absolute Gasteiger partial charge is 0.0513 e. The Morgan fingerprint density at radius 2 is 2.14 bits per heavy atom. The van der Waals surface area contributed by atoms with Gasteiger partial charge in [-0.25, -0.2) is 0 Å². The lowest BCUT2D eigenvalue weighted by Gasteiger charge is -2.06. The second kappa shape index (κ2) is 3.84. The topological polar surface area (TPSA) is 30.9 Å². The summed E-state index contributed by atoms with van der Waals surface area (Å²) in [5.74, 6) is 0. The SMILES string of the molecule is CCc1cccc2ccn(CCN)c12. The predicted octanol–water partition coefficient (Wildman–Crippen LogP) is 2.16. The van der Waals surface area contributed by atoms with E-state index in [-0.39, 0.29) is 0 Å². The van der Waals surface area contributed by atoms with Crippen molar-refractivity contribution in [3.8, 4) is 0 Å². The Balaban J connectivity index is 2.62. The predicted molar refractivity (Wildman–Crippen MR) is 60.4 cm³/mol.